The summed E-state index contributed by atoms with van der Waals surface area (Å²) >= 11 is 6.53. The number of rotatable bonds is 21. The molecule has 12 nitrogen and oxygen atoms in total. The standard InChI is InChI=1S/C32H52Br2O12/c1-11-22(19-21(3)23(35)41-13-15-45-27(39)31(8,9)33)24(36)42-14-16-46-28(40)32(10,34)20-30(6,7)26(38)44-18-17-43-25(37)29(4,5)12-2/h21-22H,11-20H2,1-10H3. The summed E-state index contributed by atoms with van der Waals surface area (Å²) in [4.78, 5) is 74.2. The van der Waals surface area contributed by atoms with Crippen LogP contribution in [-0.4, -0.2) is 84.1 Å². The van der Waals surface area contributed by atoms with Crippen molar-refractivity contribution in [2.75, 3.05) is 39.6 Å². The van der Waals surface area contributed by atoms with Crippen molar-refractivity contribution in [2.24, 2.45) is 22.7 Å². The first-order valence-corrected chi connectivity index (χ1v) is 17.0. The van der Waals surface area contributed by atoms with Crippen LogP contribution in [0.2, 0.25) is 0 Å². The van der Waals surface area contributed by atoms with E-state index in [9.17, 15) is 28.8 Å². The summed E-state index contributed by atoms with van der Waals surface area (Å²) in [7, 11) is 0. The van der Waals surface area contributed by atoms with Crippen molar-refractivity contribution < 1.29 is 57.2 Å². The van der Waals surface area contributed by atoms with Gasteiger partial charge in [-0.15, -0.1) is 0 Å². The lowest BCUT2D eigenvalue weighted by Crippen LogP contribution is -2.40. The highest BCUT2D eigenvalue weighted by Gasteiger charge is 2.42. The van der Waals surface area contributed by atoms with Crippen LogP contribution in [0.3, 0.4) is 0 Å². The van der Waals surface area contributed by atoms with Crippen molar-refractivity contribution in [3.63, 3.8) is 0 Å². The van der Waals surface area contributed by atoms with Crippen LogP contribution in [0.1, 0.15) is 94.9 Å². The van der Waals surface area contributed by atoms with Gasteiger partial charge in [-0.1, -0.05) is 52.6 Å². The molecule has 0 aromatic heterocycles. The maximum Gasteiger partial charge on any atom is 0.322 e. The van der Waals surface area contributed by atoms with Gasteiger partial charge in [-0.05, 0) is 74.1 Å². The molecule has 0 aliphatic heterocycles. The van der Waals surface area contributed by atoms with E-state index in [1.54, 1.807) is 62.3 Å². The first kappa shape index (κ1) is 43.8. The summed E-state index contributed by atoms with van der Waals surface area (Å²) in [5, 5.41) is 0. The quantitative estimate of drug-likeness (QED) is 0.0626. The van der Waals surface area contributed by atoms with Gasteiger partial charge in [0.15, 0.2) is 0 Å². The van der Waals surface area contributed by atoms with E-state index in [1.807, 2.05) is 6.92 Å². The Balaban J connectivity index is 4.62. The van der Waals surface area contributed by atoms with Gasteiger partial charge in [-0.3, -0.25) is 28.8 Å². The Morgan fingerprint density at radius 2 is 0.957 bits per heavy atom. The minimum atomic E-state index is -1.25. The summed E-state index contributed by atoms with van der Waals surface area (Å²) in [5.41, 5.74) is -1.71. The summed E-state index contributed by atoms with van der Waals surface area (Å²) in [6.45, 7) is 16.1. The maximum absolute atomic E-state index is 12.8. The minimum absolute atomic E-state index is 0.0307. The van der Waals surface area contributed by atoms with E-state index in [-0.39, 0.29) is 58.5 Å². The van der Waals surface area contributed by atoms with E-state index in [0.717, 1.165) is 0 Å². The fourth-order valence-electron chi connectivity index (χ4n) is 3.87. The van der Waals surface area contributed by atoms with Gasteiger partial charge in [0.05, 0.1) is 22.7 Å². The summed E-state index contributed by atoms with van der Waals surface area (Å²) < 4.78 is 29.1. The van der Waals surface area contributed by atoms with E-state index >= 15 is 0 Å². The van der Waals surface area contributed by atoms with Crippen molar-refractivity contribution in [1.82, 2.24) is 0 Å². The third kappa shape index (κ3) is 16.1. The van der Waals surface area contributed by atoms with Gasteiger partial charge < -0.3 is 28.4 Å². The number of alkyl halides is 2. The molecule has 0 heterocycles. The zero-order chi connectivity index (χ0) is 35.9. The molecule has 3 unspecified atom stereocenters. The zero-order valence-electron chi connectivity index (χ0n) is 28.9. The summed E-state index contributed by atoms with van der Waals surface area (Å²) in [6, 6.07) is 0. The molecule has 0 spiro atoms. The molecule has 0 saturated carbocycles. The number of halogens is 2. The van der Waals surface area contributed by atoms with Gasteiger partial charge in [-0.25, -0.2) is 0 Å². The molecular formula is C32H52Br2O12. The van der Waals surface area contributed by atoms with Crippen LogP contribution in [0, 0.1) is 22.7 Å². The molecule has 0 bridgehead atoms. The number of carbonyl (C=O) groups is 6. The Morgan fingerprint density at radius 3 is 1.39 bits per heavy atom. The molecule has 0 radical (unpaired) electrons. The lowest BCUT2D eigenvalue weighted by Gasteiger charge is -2.30. The number of ether oxygens (including phenoxy) is 6. The third-order valence-electron chi connectivity index (χ3n) is 7.21. The summed E-state index contributed by atoms with van der Waals surface area (Å²) in [6.07, 6.45) is 1.24. The van der Waals surface area contributed by atoms with Gasteiger partial charge >= 0.3 is 35.8 Å². The van der Waals surface area contributed by atoms with Crippen LogP contribution in [0.25, 0.3) is 0 Å². The molecule has 0 aromatic carbocycles. The fraction of sp³-hybridized carbons (Fsp3) is 0.812. The third-order valence-corrected chi connectivity index (χ3v) is 8.14. The van der Waals surface area contributed by atoms with Crippen LogP contribution in [0.5, 0.6) is 0 Å². The SMILES string of the molecule is CCC(CC(C)C(=O)OCCOC(=O)C(C)(C)Br)C(=O)OCCOC(=O)C(C)(Br)CC(C)(C)C(=O)OCCOC(=O)C(C)(C)CC. The normalized spacial score (nSPS) is 14.6. The smallest absolute Gasteiger partial charge is 0.322 e. The molecule has 0 fully saturated rings. The Hall–Kier alpha value is -2.22. The van der Waals surface area contributed by atoms with E-state index in [4.69, 9.17) is 28.4 Å². The van der Waals surface area contributed by atoms with Gasteiger partial charge in [0.2, 0.25) is 0 Å². The van der Waals surface area contributed by atoms with E-state index in [1.165, 1.54) is 0 Å². The van der Waals surface area contributed by atoms with Crippen LogP contribution in [0.15, 0.2) is 0 Å². The second-order valence-electron chi connectivity index (χ2n) is 13.1. The molecule has 14 heteroatoms. The van der Waals surface area contributed by atoms with E-state index < -0.39 is 61.2 Å². The fourth-order valence-corrected chi connectivity index (χ4v) is 4.80. The van der Waals surface area contributed by atoms with Gasteiger partial charge in [-0.2, -0.15) is 0 Å². The Labute approximate surface area is 289 Å². The zero-order valence-corrected chi connectivity index (χ0v) is 32.1. The molecule has 0 aliphatic carbocycles. The van der Waals surface area contributed by atoms with Crippen molar-refractivity contribution in [3.8, 4) is 0 Å². The molecule has 0 rings (SSSR count). The Bertz CT molecular complexity index is 1050. The molecular weight excluding hydrogens is 736 g/mol. The van der Waals surface area contributed by atoms with Gasteiger partial charge in [0.25, 0.3) is 0 Å². The number of esters is 6. The van der Waals surface area contributed by atoms with Crippen LogP contribution in [-0.2, 0) is 57.2 Å². The topological polar surface area (TPSA) is 158 Å². The Kier molecular flexibility index (Phi) is 18.6. The molecule has 3 atom stereocenters. The molecule has 0 aromatic rings. The predicted molar refractivity (Wildman–Crippen MR) is 176 cm³/mol. The minimum Gasteiger partial charge on any atom is -0.462 e. The van der Waals surface area contributed by atoms with E-state index in [0.29, 0.717) is 12.8 Å². The monoisotopic (exact) mass is 786 g/mol. The summed E-state index contributed by atoms with van der Waals surface area (Å²) in [5.74, 6) is -4.35. The van der Waals surface area contributed by atoms with Gasteiger partial charge in [0.1, 0.15) is 48.3 Å². The van der Waals surface area contributed by atoms with Crippen LogP contribution in [0.4, 0.5) is 0 Å². The van der Waals surface area contributed by atoms with Crippen molar-refractivity contribution in [1.29, 1.82) is 0 Å². The second kappa shape index (κ2) is 19.6. The lowest BCUT2D eigenvalue weighted by molar-refractivity contribution is -0.164. The number of hydrogen-bond donors (Lipinski definition) is 0. The first-order valence-electron chi connectivity index (χ1n) is 15.4. The highest BCUT2D eigenvalue weighted by atomic mass is 79.9. The first-order chi connectivity index (χ1) is 21.0. The van der Waals surface area contributed by atoms with Crippen molar-refractivity contribution in [2.45, 2.75) is 104 Å². The highest BCUT2D eigenvalue weighted by Crippen LogP contribution is 2.36. The van der Waals surface area contributed by atoms with Crippen molar-refractivity contribution in [3.05, 3.63) is 0 Å². The maximum atomic E-state index is 12.8. The lowest BCUT2D eigenvalue weighted by atomic mass is 9.83. The van der Waals surface area contributed by atoms with Gasteiger partial charge in [0, 0.05) is 0 Å². The molecule has 0 aliphatic rings. The average Bonchev–Trinajstić information content (AvgIpc) is 2.96. The highest BCUT2D eigenvalue weighted by molar-refractivity contribution is 9.10. The number of hydrogen-bond acceptors (Lipinski definition) is 12. The predicted octanol–water partition coefficient (Wildman–Crippen LogP) is 5.48. The molecule has 0 amide bonds. The van der Waals surface area contributed by atoms with E-state index in [2.05, 4.69) is 31.9 Å². The van der Waals surface area contributed by atoms with Crippen LogP contribution >= 0.6 is 31.9 Å². The van der Waals surface area contributed by atoms with Crippen LogP contribution < -0.4 is 0 Å². The Morgan fingerprint density at radius 1 is 0.565 bits per heavy atom. The molecule has 46 heavy (non-hydrogen) atoms. The second-order valence-corrected chi connectivity index (χ2v) is 16.8. The van der Waals surface area contributed by atoms with Crippen molar-refractivity contribution >= 4 is 67.7 Å². The molecule has 0 N–H and O–H groups in total. The average molecular weight is 789 g/mol. The molecule has 0 saturated heterocycles. The largest absolute Gasteiger partial charge is 0.462 e. The molecule has 266 valence electrons. The number of carbonyl (C=O) groups excluding carboxylic acids is 6.